The van der Waals surface area contributed by atoms with Crippen LogP contribution in [0.4, 0.5) is 0 Å². The normalized spacial score (nSPS) is 11.2. The first kappa shape index (κ1) is 13.5. The van der Waals surface area contributed by atoms with Gasteiger partial charge in [0.25, 0.3) is 9.05 Å². The lowest BCUT2D eigenvalue weighted by Crippen LogP contribution is -2.03. The Balaban J connectivity index is 3.14. The second-order valence-corrected chi connectivity index (χ2v) is 6.42. The van der Waals surface area contributed by atoms with Crippen molar-refractivity contribution in [2.75, 3.05) is 0 Å². The van der Waals surface area contributed by atoms with E-state index in [0.29, 0.717) is 10.0 Å². The van der Waals surface area contributed by atoms with Crippen LogP contribution in [0.25, 0.3) is 0 Å². The lowest BCUT2D eigenvalue weighted by molar-refractivity contribution is -0.142. The van der Waals surface area contributed by atoms with Gasteiger partial charge in [0.05, 0.1) is 4.90 Å². The van der Waals surface area contributed by atoms with E-state index in [1.165, 1.54) is 19.1 Å². The van der Waals surface area contributed by atoms with Gasteiger partial charge in [0, 0.05) is 27.6 Å². The number of esters is 1. The summed E-state index contributed by atoms with van der Waals surface area (Å²) in [4.78, 5) is 10.6. The molecule has 0 aliphatic rings. The molecule has 0 N–H and O–H groups in total. The molecular weight excluding hydrogens is 320 g/mol. The molecule has 0 aromatic heterocycles. The van der Waals surface area contributed by atoms with Crippen LogP contribution in [-0.4, -0.2) is 14.4 Å². The summed E-state index contributed by atoms with van der Waals surface area (Å²) < 4.78 is 27.9. The summed E-state index contributed by atoms with van der Waals surface area (Å²) in [6.07, 6.45) is 0. The van der Waals surface area contributed by atoms with E-state index >= 15 is 0 Å². The quantitative estimate of drug-likeness (QED) is 0.632. The molecule has 0 aliphatic carbocycles. The molecule has 0 unspecified atom stereocenters. The fourth-order valence-electron chi connectivity index (χ4n) is 1.08. The Morgan fingerprint density at radius 2 is 2.12 bits per heavy atom. The molecule has 0 saturated carbocycles. The predicted molar refractivity (Wildman–Crippen MR) is 62.7 cm³/mol. The Morgan fingerprint density at radius 3 is 2.62 bits per heavy atom. The monoisotopic (exact) mass is 326 g/mol. The third-order valence-electron chi connectivity index (χ3n) is 1.72. The SMILES string of the molecule is CC(=O)OCc1cc(Br)ccc1S(=O)(=O)Cl. The molecular formula is C9H8BrClO4S. The first-order valence-corrected chi connectivity index (χ1v) is 7.27. The van der Waals surface area contributed by atoms with Crippen molar-refractivity contribution in [2.24, 2.45) is 0 Å². The average molecular weight is 328 g/mol. The number of rotatable bonds is 3. The standard InChI is InChI=1S/C9H8BrClO4S/c1-6(12)15-5-7-4-8(10)2-3-9(7)16(11,13)14/h2-4H,5H2,1H3. The van der Waals surface area contributed by atoms with Crippen LogP contribution in [0.2, 0.25) is 0 Å². The second kappa shape index (κ2) is 5.16. The number of ether oxygens (including phenoxy) is 1. The topological polar surface area (TPSA) is 60.4 Å². The van der Waals surface area contributed by atoms with Crippen LogP contribution in [0.3, 0.4) is 0 Å². The smallest absolute Gasteiger partial charge is 0.302 e. The highest BCUT2D eigenvalue weighted by molar-refractivity contribution is 9.10. The van der Waals surface area contributed by atoms with Gasteiger partial charge in [-0.1, -0.05) is 15.9 Å². The number of hydrogen-bond donors (Lipinski definition) is 0. The maximum Gasteiger partial charge on any atom is 0.302 e. The van der Waals surface area contributed by atoms with Crippen LogP contribution >= 0.6 is 26.6 Å². The highest BCUT2D eigenvalue weighted by Crippen LogP contribution is 2.24. The maximum atomic E-state index is 11.2. The summed E-state index contributed by atoms with van der Waals surface area (Å²) in [7, 11) is 1.41. The molecule has 0 aliphatic heterocycles. The lowest BCUT2D eigenvalue weighted by Gasteiger charge is -2.07. The van der Waals surface area contributed by atoms with Gasteiger partial charge in [-0.3, -0.25) is 4.79 Å². The van der Waals surface area contributed by atoms with Crippen molar-refractivity contribution in [1.82, 2.24) is 0 Å². The number of benzene rings is 1. The van der Waals surface area contributed by atoms with Crippen molar-refractivity contribution in [3.63, 3.8) is 0 Å². The second-order valence-electron chi connectivity index (χ2n) is 2.97. The maximum absolute atomic E-state index is 11.2. The van der Waals surface area contributed by atoms with E-state index in [-0.39, 0.29) is 11.5 Å². The summed E-state index contributed by atoms with van der Waals surface area (Å²) in [5.74, 6) is -0.488. The van der Waals surface area contributed by atoms with Gasteiger partial charge in [0.2, 0.25) is 0 Å². The molecule has 0 amide bonds. The van der Waals surface area contributed by atoms with E-state index in [9.17, 15) is 13.2 Å². The number of halogens is 2. The van der Waals surface area contributed by atoms with E-state index < -0.39 is 15.0 Å². The van der Waals surface area contributed by atoms with Crippen LogP contribution in [0.5, 0.6) is 0 Å². The zero-order valence-electron chi connectivity index (χ0n) is 8.24. The van der Waals surface area contributed by atoms with Gasteiger partial charge >= 0.3 is 5.97 Å². The Labute approximate surface area is 106 Å². The van der Waals surface area contributed by atoms with Gasteiger partial charge in [-0.15, -0.1) is 0 Å². The highest BCUT2D eigenvalue weighted by atomic mass is 79.9. The Hall–Kier alpha value is -0.590. The lowest BCUT2D eigenvalue weighted by atomic mass is 10.2. The van der Waals surface area contributed by atoms with Gasteiger partial charge in [-0.05, 0) is 18.2 Å². The fraction of sp³-hybridized carbons (Fsp3) is 0.222. The van der Waals surface area contributed by atoms with Crippen LogP contribution in [-0.2, 0) is 25.2 Å². The minimum absolute atomic E-state index is 0.0568. The number of hydrogen-bond acceptors (Lipinski definition) is 4. The summed E-state index contributed by atoms with van der Waals surface area (Å²) in [5, 5.41) is 0. The van der Waals surface area contributed by atoms with Crippen molar-refractivity contribution in [1.29, 1.82) is 0 Å². The summed E-state index contributed by atoms with van der Waals surface area (Å²) in [6.45, 7) is 1.11. The summed E-state index contributed by atoms with van der Waals surface area (Å²) >= 11 is 3.19. The van der Waals surface area contributed by atoms with Crippen molar-refractivity contribution >= 4 is 41.6 Å². The first-order chi connectivity index (χ1) is 7.30. The van der Waals surface area contributed by atoms with Crippen molar-refractivity contribution in [3.8, 4) is 0 Å². The van der Waals surface area contributed by atoms with Crippen molar-refractivity contribution in [2.45, 2.75) is 18.4 Å². The Kier molecular flexibility index (Phi) is 4.35. The fourth-order valence-corrected chi connectivity index (χ4v) is 2.60. The first-order valence-electron chi connectivity index (χ1n) is 4.17. The van der Waals surface area contributed by atoms with Gasteiger partial charge in [0.1, 0.15) is 6.61 Å². The van der Waals surface area contributed by atoms with Crippen molar-refractivity contribution < 1.29 is 17.9 Å². The zero-order valence-corrected chi connectivity index (χ0v) is 11.4. The van der Waals surface area contributed by atoms with Gasteiger partial charge in [-0.25, -0.2) is 8.42 Å². The van der Waals surface area contributed by atoms with Crippen LogP contribution in [0.15, 0.2) is 27.6 Å². The molecule has 7 heteroatoms. The minimum Gasteiger partial charge on any atom is -0.461 e. The molecule has 0 saturated heterocycles. The predicted octanol–water partition coefficient (Wildman–Crippen LogP) is 2.44. The molecule has 0 atom stereocenters. The zero-order chi connectivity index (χ0) is 12.3. The number of carbonyl (C=O) groups excluding carboxylic acids is 1. The van der Waals surface area contributed by atoms with E-state index in [2.05, 4.69) is 15.9 Å². The van der Waals surface area contributed by atoms with E-state index in [1.807, 2.05) is 0 Å². The Bertz CT molecular complexity index is 512. The largest absolute Gasteiger partial charge is 0.461 e. The van der Waals surface area contributed by atoms with Crippen LogP contribution in [0, 0.1) is 0 Å². The molecule has 0 fully saturated rings. The molecule has 0 radical (unpaired) electrons. The highest BCUT2D eigenvalue weighted by Gasteiger charge is 2.16. The third-order valence-corrected chi connectivity index (χ3v) is 3.63. The minimum atomic E-state index is -3.84. The Morgan fingerprint density at radius 1 is 1.50 bits per heavy atom. The molecule has 0 spiro atoms. The molecule has 4 nitrogen and oxygen atoms in total. The van der Waals surface area contributed by atoms with Gasteiger partial charge in [-0.2, -0.15) is 0 Å². The van der Waals surface area contributed by atoms with E-state index in [1.54, 1.807) is 6.07 Å². The third kappa shape index (κ3) is 3.77. The van der Waals surface area contributed by atoms with Gasteiger partial charge < -0.3 is 4.74 Å². The molecule has 88 valence electrons. The summed E-state index contributed by atoms with van der Waals surface area (Å²) in [5.41, 5.74) is 0.333. The van der Waals surface area contributed by atoms with Crippen molar-refractivity contribution in [3.05, 3.63) is 28.2 Å². The van der Waals surface area contributed by atoms with E-state index in [4.69, 9.17) is 15.4 Å². The van der Waals surface area contributed by atoms with E-state index in [0.717, 1.165) is 0 Å². The number of carbonyl (C=O) groups is 1. The molecule has 1 aromatic rings. The molecule has 0 bridgehead atoms. The molecule has 16 heavy (non-hydrogen) atoms. The van der Waals surface area contributed by atoms with Gasteiger partial charge in [0.15, 0.2) is 0 Å². The average Bonchev–Trinajstić information content (AvgIpc) is 2.12. The molecule has 1 rings (SSSR count). The van der Waals surface area contributed by atoms with Crippen LogP contribution < -0.4 is 0 Å². The molecule has 1 aromatic carbocycles. The molecule has 0 heterocycles. The summed E-state index contributed by atoms with van der Waals surface area (Å²) in [6, 6.07) is 4.44. The van der Waals surface area contributed by atoms with Crippen LogP contribution in [0.1, 0.15) is 12.5 Å².